The molecular weight excluding hydrogens is 174 g/mol. The summed E-state index contributed by atoms with van der Waals surface area (Å²) in [5.41, 5.74) is -0.104. The van der Waals surface area contributed by atoms with Crippen LogP contribution in [-0.4, -0.2) is 29.7 Å². The quantitative estimate of drug-likeness (QED) is 0.622. The monoisotopic (exact) mass is 187 g/mol. The van der Waals surface area contributed by atoms with Crippen molar-refractivity contribution < 1.29 is 9.53 Å². The van der Waals surface area contributed by atoms with Gasteiger partial charge in [-0.3, -0.25) is 0 Å². The lowest BCUT2D eigenvalue weighted by molar-refractivity contribution is -0.0186. The van der Waals surface area contributed by atoms with E-state index in [1.54, 1.807) is 0 Å². The zero-order chi connectivity index (χ0) is 8.44. The van der Waals surface area contributed by atoms with Crippen molar-refractivity contribution in [2.45, 2.75) is 24.9 Å². The first-order chi connectivity index (χ1) is 5.81. The highest BCUT2D eigenvalue weighted by molar-refractivity contribution is 7.99. The fraction of sp³-hybridized carbons (Fsp3) is 0.875. The summed E-state index contributed by atoms with van der Waals surface area (Å²) in [6.07, 6.45) is 2.82. The lowest BCUT2D eigenvalue weighted by Crippen LogP contribution is -2.49. The molecule has 0 aromatic carbocycles. The predicted molar refractivity (Wildman–Crippen MR) is 48.4 cm³/mol. The third kappa shape index (κ3) is 1.53. The number of amides is 1. The van der Waals surface area contributed by atoms with E-state index in [9.17, 15) is 4.79 Å². The lowest BCUT2D eigenvalue weighted by atomic mass is 9.92. The van der Waals surface area contributed by atoms with Gasteiger partial charge in [-0.25, -0.2) is 4.79 Å². The zero-order valence-electron chi connectivity index (χ0n) is 6.97. The number of nitrogens with one attached hydrogen (secondary N) is 1. The Morgan fingerprint density at radius 3 is 2.75 bits per heavy atom. The molecule has 0 radical (unpaired) electrons. The van der Waals surface area contributed by atoms with Gasteiger partial charge in [-0.15, -0.1) is 0 Å². The minimum absolute atomic E-state index is 0.104. The van der Waals surface area contributed by atoms with E-state index < -0.39 is 0 Å². The topological polar surface area (TPSA) is 38.3 Å². The lowest BCUT2D eigenvalue weighted by Gasteiger charge is -2.39. The van der Waals surface area contributed by atoms with Crippen molar-refractivity contribution in [3.8, 4) is 0 Å². The molecule has 2 heterocycles. The minimum Gasteiger partial charge on any atom is -0.443 e. The number of carbonyl (C=O) groups excluding carboxylic acids is 1. The SMILES string of the molecule is O=C1NCCC2(CCSCC2)O1. The molecule has 2 fully saturated rings. The van der Waals surface area contributed by atoms with Crippen LogP contribution in [0.25, 0.3) is 0 Å². The van der Waals surface area contributed by atoms with E-state index in [1.165, 1.54) is 0 Å². The Morgan fingerprint density at radius 1 is 1.33 bits per heavy atom. The van der Waals surface area contributed by atoms with Gasteiger partial charge in [0.15, 0.2) is 0 Å². The van der Waals surface area contributed by atoms with Gasteiger partial charge in [0.2, 0.25) is 0 Å². The first-order valence-electron chi connectivity index (χ1n) is 4.35. The number of hydrogen-bond donors (Lipinski definition) is 1. The number of alkyl carbamates (subject to hydrolysis) is 1. The third-order valence-corrected chi connectivity index (χ3v) is 3.55. The van der Waals surface area contributed by atoms with Crippen molar-refractivity contribution >= 4 is 17.9 Å². The van der Waals surface area contributed by atoms with Crippen LogP contribution in [0.15, 0.2) is 0 Å². The maximum absolute atomic E-state index is 11.0. The van der Waals surface area contributed by atoms with Crippen LogP contribution in [0.1, 0.15) is 19.3 Å². The fourth-order valence-corrected chi connectivity index (χ4v) is 3.01. The van der Waals surface area contributed by atoms with Gasteiger partial charge in [-0.05, 0) is 24.3 Å². The van der Waals surface area contributed by atoms with Crippen molar-refractivity contribution in [2.75, 3.05) is 18.1 Å². The number of carbonyl (C=O) groups is 1. The summed E-state index contributed by atoms with van der Waals surface area (Å²) in [7, 11) is 0. The second-order valence-corrected chi connectivity index (χ2v) is 4.59. The molecule has 2 saturated heterocycles. The van der Waals surface area contributed by atoms with Gasteiger partial charge in [0.1, 0.15) is 5.60 Å². The Labute approximate surface area is 76.2 Å². The number of thioether (sulfide) groups is 1. The number of hydrogen-bond acceptors (Lipinski definition) is 3. The van der Waals surface area contributed by atoms with Crippen LogP contribution in [0.3, 0.4) is 0 Å². The van der Waals surface area contributed by atoms with Crippen LogP contribution in [0.4, 0.5) is 4.79 Å². The third-order valence-electron chi connectivity index (χ3n) is 2.56. The molecule has 2 aliphatic heterocycles. The molecule has 3 nitrogen and oxygen atoms in total. The molecule has 0 atom stereocenters. The molecule has 1 amide bonds. The summed E-state index contributed by atoms with van der Waals surface area (Å²) in [5.74, 6) is 2.26. The van der Waals surface area contributed by atoms with Crippen molar-refractivity contribution in [2.24, 2.45) is 0 Å². The zero-order valence-corrected chi connectivity index (χ0v) is 7.78. The molecule has 0 aromatic heterocycles. The molecule has 0 aromatic rings. The molecule has 1 N–H and O–H groups in total. The smallest absolute Gasteiger partial charge is 0.407 e. The van der Waals surface area contributed by atoms with Crippen molar-refractivity contribution in [1.29, 1.82) is 0 Å². The average Bonchev–Trinajstić information content (AvgIpc) is 2.05. The van der Waals surface area contributed by atoms with Gasteiger partial charge < -0.3 is 10.1 Å². The van der Waals surface area contributed by atoms with Crippen LogP contribution < -0.4 is 5.32 Å². The van der Waals surface area contributed by atoms with Crippen molar-refractivity contribution in [3.05, 3.63) is 0 Å². The van der Waals surface area contributed by atoms with Crippen LogP contribution in [0.5, 0.6) is 0 Å². The Kier molecular flexibility index (Phi) is 2.17. The van der Waals surface area contributed by atoms with Crippen molar-refractivity contribution in [3.63, 3.8) is 0 Å². The van der Waals surface area contributed by atoms with E-state index in [1.807, 2.05) is 11.8 Å². The highest BCUT2D eigenvalue weighted by Gasteiger charge is 2.38. The molecule has 0 unspecified atom stereocenters. The summed E-state index contributed by atoms with van der Waals surface area (Å²) in [5, 5.41) is 2.69. The van der Waals surface area contributed by atoms with E-state index in [0.29, 0.717) is 0 Å². The van der Waals surface area contributed by atoms with E-state index in [-0.39, 0.29) is 11.7 Å². The van der Waals surface area contributed by atoms with Crippen LogP contribution in [0.2, 0.25) is 0 Å². The molecule has 2 aliphatic rings. The van der Waals surface area contributed by atoms with Gasteiger partial charge in [-0.2, -0.15) is 11.8 Å². The minimum atomic E-state index is -0.229. The molecule has 0 bridgehead atoms. The number of ether oxygens (including phenoxy) is 1. The highest BCUT2D eigenvalue weighted by atomic mass is 32.2. The molecule has 1 spiro atoms. The normalized spacial score (nSPS) is 27.8. The van der Waals surface area contributed by atoms with Gasteiger partial charge in [0.25, 0.3) is 0 Å². The van der Waals surface area contributed by atoms with E-state index in [2.05, 4.69) is 5.32 Å². The Balaban J connectivity index is 2.02. The molecular formula is C8H13NO2S. The molecule has 0 aliphatic carbocycles. The molecule has 68 valence electrons. The molecule has 12 heavy (non-hydrogen) atoms. The Hall–Kier alpha value is -0.380. The van der Waals surface area contributed by atoms with E-state index in [0.717, 1.165) is 37.3 Å². The second kappa shape index (κ2) is 3.17. The van der Waals surface area contributed by atoms with E-state index in [4.69, 9.17) is 4.74 Å². The standard InChI is InChI=1S/C8H13NO2S/c10-7-9-4-1-8(11-7)2-5-12-6-3-8/h1-6H2,(H,9,10). The summed E-state index contributed by atoms with van der Waals surface area (Å²) >= 11 is 1.95. The van der Waals surface area contributed by atoms with Crippen molar-refractivity contribution in [1.82, 2.24) is 5.32 Å². The molecule has 0 saturated carbocycles. The summed E-state index contributed by atoms with van der Waals surface area (Å²) in [6.45, 7) is 0.781. The summed E-state index contributed by atoms with van der Waals surface area (Å²) in [6, 6.07) is 0. The first kappa shape index (κ1) is 8.23. The van der Waals surface area contributed by atoms with Gasteiger partial charge >= 0.3 is 6.09 Å². The summed E-state index contributed by atoms with van der Waals surface area (Å²) < 4.78 is 5.35. The average molecular weight is 187 g/mol. The predicted octanol–water partition coefficient (Wildman–Crippen LogP) is 1.38. The Bertz CT molecular complexity index is 184. The summed E-state index contributed by atoms with van der Waals surface area (Å²) in [4.78, 5) is 11.0. The second-order valence-electron chi connectivity index (χ2n) is 3.36. The fourth-order valence-electron chi connectivity index (χ4n) is 1.77. The maximum Gasteiger partial charge on any atom is 0.407 e. The molecule has 4 heteroatoms. The highest BCUT2D eigenvalue weighted by Crippen LogP contribution is 2.34. The van der Waals surface area contributed by atoms with Gasteiger partial charge in [0.05, 0.1) is 0 Å². The molecule has 2 rings (SSSR count). The largest absolute Gasteiger partial charge is 0.443 e. The maximum atomic E-state index is 11.0. The van der Waals surface area contributed by atoms with Crippen LogP contribution in [-0.2, 0) is 4.74 Å². The Morgan fingerprint density at radius 2 is 2.08 bits per heavy atom. The van der Waals surface area contributed by atoms with Gasteiger partial charge in [0, 0.05) is 13.0 Å². The number of rotatable bonds is 0. The van der Waals surface area contributed by atoms with Gasteiger partial charge in [-0.1, -0.05) is 0 Å². The van der Waals surface area contributed by atoms with Crippen LogP contribution in [0, 0.1) is 0 Å². The first-order valence-corrected chi connectivity index (χ1v) is 5.51. The van der Waals surface area contributed by atoms with Crippen LogP contribution >= 0.6 is 11.8 Å². The van der Waals surface area contributed by atoms with E-state index >= 15 is 0 Å².